The van der Waals surface area contributed by atoms with E-state index < -0.39 is 0 Å². The summed E-state index contributed by atoms with van der Waals surface area (Å²) in [5, 5.41) is 6.53. The van der Waals surface area contributed by atoms with E-state index in [-0.39, 0.29) is 17.9 Å². The molecule has 1 saturated heterocycles. The van der Waals surface area contributed by atoms with Crippen molar-refractivity contribution in [2.45, 2.75) is 38.3 Å². The number of rotatable bonds is 4. The van der Waals surface area contributed by atoms with Crippen LogP contribution in [-0.2, 0) is 4.79 Å². The molecule has 3 aliphatic rings. The quantitative estimate of drug-likeness (QED) is 0.790. The van der Waals surface area contributed by atoms with Crippen molar-refractivity contribution < 1.29 is 14.3 Å². The summed E-state index contributed by atoms with van der Waals surface area (Å²) in [6, 6.07) is 12.4. The molecule has 2 aromatic rings. The number of carbonyl (C=O) groups excluding carboxylic acids is 2. The van der Waals surface area contributed by atoms with Gasteiger partial charge in [-0.1, -0.05) is 6.07 Å². The van der Waals surface area contributed by atoms with Crippen LogP contribution in [0.3, 0.4) is 0 Å². The van der Waals surface area contributed by atoms with Crippen LogP contribution in [0.25, 0.3) is 11.1 Å². The molecular formula is C25H29N3O3. The van der Waals surface area contributed by atoms with Crippen molar-refractivity contribution in [2.75, 3.05) is 26.0 Å². The molecule has 3 atom stereocenters. The number of amides is 2. The first-order valence-electron chi connectivity index (χ1n) is 11.1. The minimum Gasteiger partial charge on any atom is -0.497 e. The molecule has 31 heavy (non-hydrogen) atoms. The zero-order valence-electron chi connectivity index (χ0n) is 18.3. The van der Waals surface area contributed by atoms with E-state index in [1.54, 1.807) is 33.2 Å². The number of likely N-dealkylation sites (tertiary alicyclic amines) is 1. The van der Waals surface area contributed by atoms with Crippen LogP contribution in [-0.4, -0.2) is 43.5 Å². The number of anilines is 1. The number of ether oxygens (including phenoxy) is 1. The van der Waals surface area contributed by atoms with Crippen LogP contribution < -0.4 is 15.4 Å². The molecule has 2 N–H and O–H groups in total. The molecule has 2 heterocycles. The van der Waals surface area contributed by atoms with Gasteiger partial charge in [0.15, 0.2) is 0 Å². The third-order valence-electron chi connectivity index (χ3n) is 7.14. The van der Waals surface area contributed by atoms with Crippen LogP contribution in [0, 0.1) is 11.8 Å². The van der Waals surface area contributed by atoms with E-state index >= 15 is 0 Å². The summed E-state index contributed by atoms with van der Waals surface area (Å²) in [7, 11) is 3.26. The van der Waals surface area contributed by atoms with E-state index in [1.807, 2.05) is 11.0 Å². The lowest BCUT2D eigenvalue weighted by Crippen LogP contribution is -2.41. The van der Waals surface area contributed by atoms with Crippen molar-refractivity contribution in [1.29, 1.82) is 0 Å². The Balaban J connectivity index is 1.63. The predicted octanol–water partition coefficient (Wildman–Crippen LogP) is 3.84. The van der Waals surface area contributed by atoms with Crippen LogP contribution in [0.2, 0.25) is 0 Å². The second-order valence-corrected chi connectivity index (χ2v) is 8.91. The summed E-state index contributed by atoms with van der Waals surface area (Å²) >= 11 is 0. The van der Waals surface area contributed by atoms with E-state index in [4.69, 9.17) is 4.74 Å². The summed E-state index contributed by atoms with van der Waals surface area (Å²) in [6.45, 7) is 2.48. The highest BCUT2D eigenvalue weighted by Crippen LogP contribution is 2.52. The highest BCUT2D eigenvalue weighted by Gasteiger charge is 2.49. The van der Waals surface area contributed by atoms with E-state index in [0.29, 0.717) is 29.2 Å². The number of hydrogen-bond donors (Lipinski definition) is 2. The molecule has 2 aliphatic heterocycles. The van der Waals surface area contributed by atoms with Crippen molar-refractivity contribution in [2.24, 2.45) is 11.8 Å². The number of methoxy groups -OCH3 is 1. The molecule has 6 nitrogen and oxygen atoms in total. The van der Waals surface area contributed by atoms with E-state index in [2.05, 4.69) is 28.8 Å². The Morgan fingerprint density at radius 1 is 1.13 bits per heavy atom. The molecule has 6 heteroatoms. The lowest BCUT2D eigenvalue weighted by molar-refractivity contribution is -0.130. The Morgan fingerprint density at radius 2 is 1.94 bits per heavy atom. The summed E-state index contributed by atoms with van der Waals surface area (Å²) in [4.78, 5) is 27.0. The number of benzene rings is 2. The third-order valence-corrected chi connectivity index (χ3v) is 7.14. The fourth-order valence-electron chi connectivity index (χ4n) is 5.48. The first kappa shape index (κ1) is 19.9. The van der Waals surface area contributed by atoms with Crippen molar-refractivity contribution in [1.82, 2.24) is 10.2 Å². The van der Waals surface area contributed by atoms with Gasteiger partial charge in [0.25, 0.3) is 5.91 Å². The Bertz CT molecular complexity index is 1050. The minimum absolute atomic E-state index is 0.0911. The van der Waals surface area contributed by atoms with Crippen LogP contribution in [0.5, 0.6) is 5.75 Å². The van der Waals surface area contributed by atoms with Gasteiger partial charge >= 0.3 is 0 Å². The van der Waals surface area contributed by atoms with E-state index in [1.165, 1.54) is 12.8 Å². The maximum absolute atomic E-state index is 12.5. The Morgan fingerprint density at radius 3 is 2.61 bits per heavy atom. The molecule has 2 fully saturated rings. The van der Waals surface area contributed by atoms with Crippen molar-refractivity contribution >= 4 is 17.5 Å². The molecule has 5 rings (SSSR count). The maximum Gasteiger partial charge on any atom is 0.251 e. The van der Waals surface area contributed by atoms with E-state index in [9.17, 15) is 9.59 Å². The molecule has 0 spiro atoms. The molecule has 0 unspecified atom stereocenters. The predicted molar refractivity (Wildman–Crippen MR) is 120 cm³/mol. The van der Waals surface area contributed by atoms with Gasteiger partial charge < -0.3 is 20.3 Å². The Hall–Kier alpha value is -3.02. The second kappa shape index (κ2) is 7.59. The highest BCUT2D eigenvalue weighted by atomic mass is 16.5. The third kappa shape index (κ3) is 3.34. The fraction of sp³-hybridized carbons (Fsp3) is 0.440. The number of hydrogen-bond acceptors (Lipinski definition) is 4. The Labute approximate surface area is 183 Å². The average molecular weight is 420 g/mol. The fourth-order valence-corrected chi connectivity index (χ4v) is 5.48. The van der Waals surface area contributed by atoms with Crippen molar-refractivity contribution in [3.05, 3.63) is 47.5 Å². The zero-order valence-corrected chi connectivity index (χ0v) is 18.3. The van der Waals surface area contributed by atoms with E-state index in [0.717, 1.165) is 35.3 Å². The molecule has 1 aliphatic carbocycles. The Kier molecular flexibility index (Phi) is 4.88. The standard InChI is InChI=1S/C25H29N3O3/c1-14(29)28-11-10-19-23(15-4-5-15)27-22-9-6-16(12-21(22)24(19)28)20-13-17(31-3)7-8-18(20)25(30)26-2/h6-9,12-13,15,19,23-24,27H,4-5,10-11H2,1-3H3,(H,26,30)/t19-,23+,24-/m1/s1. The molecule has 2 aromatic carbocycles. The van der Waals surface area contributed by atoms with Gasteiger partial charge in [-0.2, -0.15) is 0 Å². The zero-order chi connectivity index (χ0) is 21.7. The first-order valence-corrected chi connectivity index (χ1v) is 11.1. The van der Waals surface area contributed by atoms with Crippen LogP contribution in [0.4, 0.5) is 5.69 Å². The summed E-state index contributed by atoms with van der Waals surface area (Å²) < 4.78 is 5.43. The topological polar surface area (TPSA) is 70.7 Å². The molecule has 162 valence electrons. The van der Waals surface area contributed by atoms with Gasteiger partial charge in [0.1, 0.15) is 5.75 Å². The molecule has 2 amide bonds. The first-order chi connectivity index (χ1) is 15.0. The van der Waals surface area contributed by atoms with Crippen LogP contribution >= 0.6 is 0 Å². The van der Waals surface area contributed by atoms with Gasteiger partial charge in [-0.05, 0) is 72.2 Å². The van der Waals surface area contributed by atoms with Gasteiger partial charge in [0, 0.05) is 43.7 Å². The van der Waals surface area contributed by atoms with Gasteiger partial charge in [-0.3, -0.25) is 9.59 Å². The number of fused-ring (bicyclic) bond motifs is 3. The van der Waals surface area contributed by atoms with Crippen LogP contribution in [0.1, 0.15) is 48.1 Å². The molecule has 0 bridgehead atoms. The minimum atomic E-state index is -0.133. The van der Waals surface area contributed by atoms with Gasteiger partial charge in [-0.15, -0.1) is 0 Å². The number of nitrogens with one attached hydrogen (secondary N) is 2. The van der Waals surface area contributed by atoms with Crippen molar-refractivity contribution in [3.63, 3.8) is 0 Å². The van der Waals surface area contributed by atoms with Gasteiger partial charge in [-0.25, -0.2) is 0 Å². The molecular weight excluding hydrogens is 390 g/mol. The molecule has 0 aromatic heterocycles. The largest absolute Gasteiger partial charge is 0.497 e. The van der Waals surface area contributed by atoms with Gasteiger partial charge in [0.2, 0.25) is 5.91 Å². The lowest BCUT2D eigenvalue weighted by Gasteiger charge is -2.40. The molecule has 1 saturated carbocycles. The van der Waals surface area contributed by atoms with Crippen molar-refractivity contribution in [3.8, 4) is 16.9 Å². The smallest absolute Gasteiger partial charge is 0.251 e. The average Bonchev–Trinajstić information content (AvgIpc) is 3.54. The SMILES string of the molecule is CNC(=O)c1ccc(OC)cc1-c1ccc2c(c1)[C@H]1[C@H](CCN1C(C)=O)[C@H](C1CC1)N2. The molecule has 0 radical (unpaired) electrons. The summed E-state index contributed by atoms with van der Waals surface area (Å²) in [5.41, 5.74) is 4.65. The summed E-state index contributed by atoms with van der Waals surface area (Å²) in [6.07, 6.45) is 3.58. The highest BCUT2D eigenvalue weighted by molar-refractivity contribution is 6.01. The summed E-state index contributed by atoms with van der Waals surface area (Å²) in [5.74, 6) is 1.85. The number of carbonyl (C=O) groups is 2. The van der Waals surface area contributed by atoms with Gasteiger partial charge in [0.05, 0.1) is 13.2 Å². The number of nitrogens with zero attached hydrogens (tertiary/aromatic N) is 1. The monoisotopic (exact) mass is 419 g/mol. The maximum atomic E-state index is 12.5. The normalized spacial score (nSPS) is 24.1. The van der Waals surface area contributed by atoms with Crippen LogP contribution in [0.15, 0.2) is 36.4 Å². The lowest BCUT2D eigenvalue weighted by atomic mass is 9.80. The second-order valence-electron chi connectivity index (χ2n) is 8.91.